The number of anilines is 1. The van der Waals surface area contributed by atoms with Crippen LogP contribution in [0.3, 0.4) is 0 Å². The zero-order valence-corrected chi connectivity index (χ0v) is 17.3. The van der Waals surface area contributed by atoms with Gasteiger partial charge in [0, 0.05) is 5.69 Å². The monoisotopic (exact) mass is 443 g/mol. The molecule has 0 aliphatic carbocycles. The fraction of sp³-hybridized carbons (Fsp3) is 0.333. The minimum atomic E-state index is -4.70. The minimum absolute atomic E-state index is 0.0900. The van der Waals surface area contributed by atoms with E-state index in [1.807, 2.05) is 0 Å². The van der Waals surface area contributed by atoms with Crippen LogP contribution in [0.4, 0.5) is 18.2 Å². The number of hydrogen-bond donors (Lipinski definition) is 1. The molecule has 6 nitrogen and oxygen atoms in total. The number of alkyl halides is 3. The van der Waals surface area contributed by atoms with Gasteiger partial charge in [-0.1, -0.05) is 11.8 Å². The van der Waals surface area contributed by atoms with E-state index in [0.717, 1.165) is 29.2 Å². The Morgan fingerprint density at radius 2 is 2.03 bits per heavy atom. The van der Waals surface area contributed by atoms with Crippen molar-refractivity contribution in [3.63, 3.8) is 0 Å². The highest BCUT2D eigenvalue weighted by molar-refractivity contribution is 8.00. The molecule has 0 saturated heterocycles. The third-order valence-corrected chi connectivity index (χ3v) is 5.62. The van der Waals surface area contributed by atoms with Gasteiger partial charge in [0.15, 0.2) is 0 Å². The average Bonchev–Trinajstić information content (AvgIpc) is 2.99. The van der Waals surface area contributed by atoms with E-state index in [0.29, 0.717) is 15.4 Å². The Hall–Kier alpha value is -2.58. The van der Waals surface area contributed by atoms with Crippen LogP contribution in [-0.4, -0.2) is 29.2 Å². The van der Waals surface area contributed by atoms with Gasteiger partial charge in [-0.3, -0.25) is 4.79 Å². The number of halogens is 3. The smallest absolute Gasteiger partial charge is 0.417 e. The molecule has 0 spiro atoms. The Labute approximate surface area is 173 Å². The van der Waals surface area contributed by atoms with Crippen LogP contribution in [0.2, 0.25) is 0 Å². The molecule has 154 valence electrons. The Kier molecular flexibility index (Phi) is 7.26. The summed E-state index contributed by atoms with van der Waals surface area (Å²) in [5, 5.41) is 12.0. The Balaban J connectivity index is 2.13. The fourth-order valence-corrected chi connectivity index (χ4v) is 4.16. The third kappa shape index (κ3) is 5.71. The molecule has 29 heavy (non-hydrogen) atoms. The second kappa shape index (κ2) is 9.28. The lowest BCUT2D eigenvalue weighted by molar-refractivity contribution is -0.138. The Morgan fingerprint density at radius 3 is 2.62 bits per heavy atom. The summed E-state index contributed by atoms with van der Waals surface area (Å²) in [5.74, 6) is -1.26. The van der Waals surface area contributed by atoms with Crippen LogP contribution >= 0.6 is 23.1 Å². The summed E-state index contributed by atoms with van der Waals surface area (Å²) in [5.41, 5.74) is -0.966. The summed E-state index contributed by atoms with van der Waals surface area (Å²) in [6.45, 7) is 4.98. The maximum absolute atomic E-state index is 13.1. The van der Waals surface area contributed by atoms with Gasteiger partial charge in [-0.15, -0.1) is 11.3 Å². The van der Waals surface area contributed by atoms with Crippen LogP contribution in [0, 0.1) is 25.2 Å². The van der Waals surface area contributed by atoms with Crippen molar-refractivity contribution in [1.82, 2.24) is 4.98 Å². The molecular formula is C18H16F3N3O3S2. The first-order valence-electron chi connectivity index (χ1n) is 8.26. The second-order valence-corrected chi connectivity index (χ2v) is 7.80. The second-order valence-electron chi connectivity index (χ2n) is 5.78. The molecule has 0 unspecified atom stereocenters. The summed E-state index contributed by atoms with van der Waals surface area (Å²) in [6, 6.07) is 3.93. The number of carbonyl (C=O) groups excluding carboxylic acids is 2. The van der Waals surface area contributed by atoms with Gasteiger partial charge in [-0.05, 0) is 38.5 Å². The van der Waals surface area contributed by atoms with Crippen LogP contribution in [0.25, 0.3) is 0 Å². The van der Waals surface area contributed by atoms with Gasteiger partial charge in [0.25, 0.3) is 0 Å². The minimum Gasteiger partial charge on any atom is -0.462 e. The molecule has 0 aliphatic rings. The van der Waals surface area contributed by atoms with E-state index >= 15 is 0 Å². The molecular weight excluding hydrogens is 427 g/mol. The van der Waals surface area contributed by atoms with Gasteiger partial charge >= 0.3 is 12.1 Å². The SMILES string of the molecule is CCOC(=O)c1sc(NC(=O)CSc2nc(C)cc(C(F)(F)F)c2C#N)cc1C. The Bertz CT molecular complexity index is 981. The first-order chi connectivity index (χ1) is 13.6. The van der Waals surface area contributed by atoms with Crippen LogP contribution in [0.1, 0.15) is 39.0 Å². The van der Waals surface area contributed by atoms with Crippen molar-refractivity contribution in [2.24, 2.45) is 0 Å². The molecule has 0 atom stereocenters. The first-order valence-corrected chi connectivity index (χ1v) is 10.1. The van der Waals surface area contributed by atoms with Crippen molar-refractivity contribution in [2.75, 3.05) is 17.7 Å². The zero-order chi connectivity index (χ0) is 21.8. The lowest BCUT2D eigenvalue weighted by atomic mass is 10.1. The highest BCUT2D eigenvalue weighted by atomic mass is 32.2. The molecule has 0 aliphatic heterocycles. The molecule has 0 fully saturated rings. The van der Waals surface area contributed by atoms with Crippen molar-refractivity contribution in [3.8, 4) is 6.07 Å². The van der Waals surface area contributed by atoms with E-state index in [4.69, 9.17) is 10.00 Å². The maximum atomic E-state index is 13.1. The van der Waals surface area contributed by atoms with E-state index in [9.17, 15) is 22.8 Å². The van der Waals surface area contributed by atoms with Crippen molar-refractivity contribution in [3.05, 3.63) is 39.4 Å². The Morgan fingerprint density at radius 1 is 1.34 bits per heavy atom. The summed E-state index contributed by atoms with van der Waals surface area (Å²) in [6.07, 6.45) is -4.70. The third-order valence-electron chi connectivity index (χ3n) is 3.51. The van der Waals surface area contributed by atoms with Crippen molar-refractivity contribution >= 4 is 40.0 Å². The maximum Gasteiger partial charge on any atom is 0.417 e. The van der Waals surface area contributed by atoms with Crippen molar-refractivity contribution < 1.29 is 27.5 Å². The highest BCUT2D eigenvalue weighted by Crippen LogP contribution is 2.36. The molecule has 2 aromatic rings. The predicted molar refractivity (Wildman–Crippen MR) is 103 cm³/mol. The van der Waals surface area contributed by atoms with E-state index in [1.165, 1.54) is 13.0 Å². The predicted octanol–water partition coefficient (Wildman–Crippen LogP) is 4.56. The summed E-state index contributed by atoms with van der Waals surface area (Å²) in [4.78, 5) is 28.3. The van der Waals surface area contributed by atoms with Gasteiger partial charge in [0.2, 0.25) is 5.91 Å². The van der Waals surface area contributed by atoms with Crippen LogP contribution in [0.15, 0.2) is 17.2 Å². The molecule has 2 rings (SSSR count). The number of pyridine rings is 1. The number of ether oxygens (including phenoxy) is 1. The van der Waals surface area contributed by atoms with E-state index in [-0.39, 0.29) is 23.1 Å². The van der Waals surface area contributed by atoms with Crippen molar-refractivity contribution in [2.45, 2.75) is 32.0 Å². The zero-order valence-electron chi connectivity index (χ0n) is 15.6. The molecule has 0 saturated carbocycles. The van der Waals surface area contributed by atoms with Gasteiger partial charge in [-0.25, -0.2) is 9.78 Å². The summed E-state index contributed by atoms with van der Waals surface area (Å²) in [7, 11) is 0. The van der Waals surface area contributed by atoms with Gasteiger partial charge in [-0.2, -0.15) is 18.4 Å². The number of nitriles is 1. The first kappa shape index (κ1) is 22.7. The molecule has 11 heteroatoms. The lowest BCUT2D eigenvalue weighted by Crippen LogP contribution is -2.14. The molecule has 1 amide bonds. The molecule has 2 aromatic heterocycles. The number of thiophene rings is 1. The highest BCUT2D eigenvalue weighted by Gasteiger charge is 2.35. The van der Waals surface area contributed by atoms with Gasteiger partial charge in [0.05, 0.1) is 28.5 Å². The van der Waals surface area contributed by atoms with Crippen LogP contribution in [-0.2, 0) is 15.7 Å². The molecule has 0 radical (unpaired) electrons. The number of rotatable bonds is 6. The average molecular weight is 443 g/mol. The lowest BCUT2D eigenvalue weighted by Gasteiger charge is -2.12. The molecule has 0 aromatic carbocycles. The van der Waals surface area contributed by atoms with Crippen molar-refractivity contribution in [1.29, 1.82) is 5.26 Å². The molecule has 2 heterocycles. The number of thioether (sulfide) groups is 1. The normalized spacial score (nSPS) is 11.1. The standard InChI is InChI=1S/C18H16F3N3O3S2/c1-4-27-17(26)15-9(2)5-14(29-15)24-13(25)8-28-16-11(7-22)12(18(19,20)21)6-10(3)23-16/h5-6H,4,8H2,1-3H3,(H,24,25). The molecule has 0 bridgehead atoms. The van der Waals surface area contributed by atoms with E-state index in [2.05, 4.69) is 10.3 Å². The number of nitrogens with one attached hydrogen (secondary N) is 1. The number of carbonyl (C=O) groups is 2. The number of hydrogen-bond acceptors (Lipinski definition) is 7. The van der Waals surface area contributed by atoms with E-state index < -0.39 is 29.2 Å². The molecule has 1 N–H and O–H groups in total. The summed E-state index contributed by atoms with van der Waals surface area (Å²) < 4.78 is 44.3. The number of aryl methyl sites for hydroxylation is 2. The number of aromatic nitrogens is 1. The van der Waals surface area contributed by atoms with E-state index in [1.54, 1.807) is 19.9 Å². The van der Waals surface area contributed by atoms with Crippen LogP contribution in [0.5, 0.6) is 0 Å². The summed E-state index contributed by atoms with van der Waals surface area (Å²) >= 11 is 1.78. The number of esters is 1. The topological polar surface area (TPSA) is 92.1 Å². The van der Waals surface area contributed by atoms with Gasteiger partial charge < -0.3 is 10.1 Å². The van der Waals surface area contributed by atoms with Crippen LogP contribution < -0.4 is 5.32 Å². The fourth-order valence-electron chi connectivity index (χ4n) is 2.33. The number of nitrogens with zero attached hydrogens (tertiary/aromatic N) is 2. The largest absolute Gasteiger partial charge is 0.462 e. The quantitative estimate of drug-likeness (QED) is 0.520. The van der Waals surface area contributed by atoms with Gasteiger partial charge in [0.1, 0.15) is 16.0 Å². The number of amides is 1.